The summed E-state index contributed by atoms with van der Waals surface area (Å²) in [5.41, 5.74) is 0.319. The summed E-state index contributed by atoms with van der Waals surface area (Å²) in [5, 5.41) is 9.28. The molecule has 1 unspecified atom stereocenters. The minimum Gasteiger partial charge on any atom is -0.506 e. The summed E-state index contributed by atoms with van der Waals surface area (Å²) >= 11 is 3.10. The molecule has 1 N–H and O–H groups in total. The monoisotopic (exact) mass is 218 g/mol. The van der Waals surface area contributed by atoms with E-state index in [0.29, 0.717) is 10.0 Å². The predicted octanol–water partition coefficient (Wildman–Crippen LogP) is 3.19. The number of hydrogen-bond acceptors (Lipinski definition) is 1. The Morgan fingerprint density at radius 1 is 1.55 bits per heavy atom. The molecule has 60 valence electrons. The van der Waals surface area contributed by atoms with E-state index >= 15 is 0 Å². The molecule has 0 saturated heterocycles. The molecule has 11 heavy (non-hydrogen) atoms. The molecule has 0 aliphatic carbocycles. The molecular weight excluding hydrogens is 211 g/mol. The highest BCUT2D eigenvalue weighted by molar-refractivity contribution is 9.10. The molecule has 1 rings (SSSR count). The fraction of sp³-hybridized carbons (Fsp3) is 0.250. The van der Waals surface area contributed by atoms with Crippen molar-refractivity contribution >= 4 is 15.9 Å². The smallest absolute Gasteiger partial charge is 0.135 e. The molecule has 0 amide bonds. The number of phenols is 1. The van der Waals surface area contributed by atoms with E-state index in [-0.39, 0.29) is 5.75 Å². The summed E-state index contributed by atoms with van der Waals surface area (Å²) < 4.78 is 13.2. The Morgan fingerprint density at radius 2 is 2.18 bits per heavy atom. The molecule has 0 heterocycles. The Balaban J connectivity index is 3.17. The average Bonchev–Trinajstić information content (AvgIpc) is 1.94. The number of rotatable bonds is 1. The van der Waals surface area contributed by atoms with Gasteiger partial charge in [-0.1, -0.05) is 12.1 Å². The van der Waals surface area contributed by atoms with Gasteiger partial charge in [0, 0.05) is 5.56 Å². The summed E-state index contributed by atoms with van der Waals surface area (Å²) in [5.74, 6) is -0.0116. The van der Waals surface area contributed by atoms with E-state index in [1.807, 2.05) is 0 Å². The van der Waals surface area contributed by atoms with Gasteiger partial charge in [0.25, 0.3) is 0 Å². The van der Waals surface area contributed by atoms with Crippen LogP contribution in [-0.2, 0) is 0 Å². The number of phenolic OH excluding ortho intramolecular Hbond substituents is 1. The van der Waals surface area contributed by atoms with Crippen LogP contribution < -0.4 is 0 Å². The van der Waals surface area contributed by atoms with E-state index in [2.05, 4.69) is 15.9 Å². The van der Waals surface area contributed by atoms with Crippen LogP contribution in [0.15, 0.2) is 22.7 Å². The SMILES string of the molecule is CC(F)c1cccc(Br)c1O. The van der Waals surface area contributed by atoms with Gasteiger partial charge in [-0.2, -0.15) is 0 Å². The molecule has 0 fully saturated rings. The minimum atomic E-state index is -1.13. The zero-order valence-electron chi connectivity index (χ0n) is 6.01. The highest BCUT2D eigenvalue weighted by Gasteiger charge is 2.09. The van der Waals surface area contributed by atoms with Crippen LogP contribution in [0.4, 0.5) is 4.39 Å². The zero-order chi connectivity index (χ0) is 8.43. The van der Waals surface area contributed by atoms with Crippen LogP contribution in [0, 0.1) is 0 Å². The summed E-state index contributed by atoms with van der Waals surface area (Å²) in [4.78, 5) is 0. The van der Waals surface area contributed by atoms with Gasteiger partial charge in [0.1, 0.15) is 11.9 Å². The lowest BCUT2D eigenvalue weighted by Gasteiger charge is -2.05. The molecule has 0 spiro atoms. The molecule has 1 aromatic carbocycles. The standard InChI is InChI=1S/C8H8BrFO/c1-5(10)6-3-2-4-7(9)8(6)11/h2-5,11H,1H3. The Morgan fingerprint density at radius 3 is 2.64 bits per heavy atom. The Hall–Kier alpha value is -0.570. The number of para-hydroxylation sites is 1. The molecule has 0 radical (unpaired) electrons. The van der Waals surface area contributed by atoms with Crippen molar-refractivity contribution in [2.75, 3.05) is 0 Å². The molecular formula is C8H8BrFO. The number of benzene rings is 1. The van der Waals surface area contributed by atoms with E-state index in [1.54, 1.807) is 18.2 Å². The third-order valence-corrected chi connectivity index (χ3v) is 2.09. The van der Waals surface area contributed by atoms with Crippen molar-refractivity contribution in [2.24, 2.45) is 0 Å². The van der Waals surface area contributed by atoms with Gasteiger partial charge in [-0.3, -0.25) is 0 Å². The fourth-order valence-corrected chi connectivity index (χ4v) is 1.23. The highest BCUT2D eigenvalue weighted by atomic mass is 79.9. The van der Waals surface area contributed by atoms with E-state index < -0.39 is 6.17 Å². The van der Waals surface area contributed by atoms with Gasteiger partial charge in [0.2, 0.25) is 0 Å². The summed E-state index contributed by atoms with van der Waals surface area (Å²) in [6.07, 6.45) is -1.13. The predicted molar refractivity (Wildman–Crippen MR) is 45.3 cm³/mol. The van der Waals surface area contributed by atoms with Crippen molar-refractivity contribution in [1.29, 1.82) is 0 Å². The first kappa shape index (κ1) is 8.53. The first-order valence-corrected chi connectivity index (χ1v) is 4.03. The van der Waals surface area contributed by atoms with Crippen molar-refractivity contribution in [3.05, 3.63) is 28.2 Å². The van der Waals surface area contributed by atoms with Gasteiger partial charge in [0.15, 0.2) is 0 Å². The van der Waals surface area contributed by atoms with E-state index in [9.17, 15) is 9.50 Å². The topological polar surface area (TPSA) is 20.2 Å². The van der Waals surface area contributed by atoms with Crippen molar-refractivity contribution in [2.45, 2.75) is 13.1 Å². The number of aromatic hydroxyl groups is 1. The second kappa shape index (κ2) is 3.22. The van der Waals surface area contributed by atoms with Gasteiger partial charge < -0.3 is 5.11 Å². The van der Waals surface area contributed by atoms with Crippen LogP contribution in [0.2, 0.25) is 0 Å². The summed E-state index contributed by atoms with van der Waals surface area (Å²) in [6.45, 7) is 1.39. The molecule has 0 aliphatic heterocycles. The zero-order valence-corrected chi connectivity index (χ0v) is 7.60. The second-order valence-electron chi connectivity index (χ2n) is 2.29. The lowest BCUT2D eigenvalue weighted by Crippen LogP contribution is -1.85. The first-order valence-electron chi connectivity index (χ1n) is 3.24. The lowest BCUT2D eigenvalue weighted by molar-refractivity contribution is 0.355. The Kier molecular flexibility index (Phi) is 2.49. The van der Waals surface area contributed by atoms with Crippen molar-refractivity contribution in [3.8, 4) is 5.75 Å². The van der Waals surface area contributed by atoms with Crippen LogP contribution >= 0.6 is 15.9 Å². The van der Waals surface area contributed by atoms with E-state index in [4.69, 9.17) is 0 Å². The summed E-state index contributed by atoms with van der Waals surface area (Å²) in [6, 6.07) is 4.92. The second-order valence-corrected chi connectivity index (χ2v) is 3.15. The molecule has 1 aromatic rings. The number of hydrogen-bond donors (Lipinski definition) is 1. The van der Waals surface area contributed by atoms with Crippen LogP contribution in [0.3, 0.4) is 0 Å². The van der Waals surface area contributed by atoms with Gasteiger partial charge in [-0.15, -0.1) is 0 Å². The van der Waals surface area contributed by atoms with Crippen molar-refractivity contribution < 1.29 is 9.50 Å². The molecule has 3 heteroatoms. The van der Waals surface area contributed by atoms with Crippen LogP contribution in [0.25, 0.3) is 0 Å². The number of halogens is 2. The van der Waals surface area contributed by atoms with Crippen LogP contribution in [0.5, 0.6) is 5.75 Å². The quantitative estimate of drug-likeness (QED) is 0.768. The number of alkyl halides is 1. The van der Waals surface area contributed by atoms with Gasteiger partial charge in [-0.05, 0) is 28.9 Å². The maximum absolute atomic E-state index is 12.7. The highest BCUT2D eigenvalue weighted by Crippen LogP contribution is 2.32. The van der Waals surface area contributed by atoms with Crippen LogP contribution in [-0.4, -0.2) is 5.11 Å². The van der Waals surface area contributed by atoms with Gasteiger partial charge >= 0.3 is 0 Å². The lowest BCUT2D eigenvalue weighted by atomic mass is 10.1. The third kappa shape index (κ3) is 1.71. The van der Waals surface area contributed by atoms with E-state index in [0.717, 1.165) is 0 Å². The summed E-state index contributed by atoms with van der Waals surface area (Å²) in [7, 11) is 0. The van der Waals surface area contributed by atoms with Crippen LogP contribution in [0.1, 0.15) is 18.7 Å². The third-order valence-electron chi connectivity index (χ3n) is 1.45. The fourth-order valence-electron chi connectivity index (χ4n) is 0.853. The maximum atomic E-state index is 12.7. The molecule has 0 aliphatic rings. The van der Waals surface area contributed by atoms with Crippen molar-refractivity contribution in [3.63, 3.8) is 0 Å². The Bertz CT molecular complexity index is 260. The molecule has 1 atom stereocenters. The average molecular weight is 219 g/mol. The minimum absolute atomic E-state index is 0.0116. The normalized spacial score (nSPS) is 13.0. The van der Waals surface area contributed by atoms with Gasteiger partial charge in [0.05, 0.1) is 4.47 Å². The van der Waals surface area contributed by atoms with Gasteiger partial charge in [-0.25, -0.2) is 4.39 Å². The molecule has 0 saturated carbocycles. The maximum Gasteiger partial charge on any atom is 0.135 e. The molecule has 0 bridgehead atoms. The van der Waals surface area contributed by atoms with Crippen molar-refractivity contribution in [1.82, 2.24) is 0 Å². The van der Waals surface area contributed by atoms with E-state index in [1.165, 1.54) is 6.92 Å². The Labute approximate surface area is 73.0 Å². The first-order chi connectivity index (χ1) is 5.13. The molecule has 1 nitrogen and oxygen atoms in total. The largest absolute Gasteiger partial charge is 0.506 e. The molecule has 0 aromatic heterocycles.